The summed E-state index contributed by atoms with van der Waals surface area (Å²) in [5, 5.41) is 10.1. The van der Waals surface area contributed by atoms with E-state index in [0.29, 0.717) is 28.5 Å². The Morgan fingerprint density at radius 2 is 1.94 bits per heavy atom. The van der Waals surface area contributed by atoms with Crippen LogP contribution in [0.15, 0.2) is 12.1 Å². The Balaban J connectivity index is 0.00000289. The van der Waals surface area contributed by atoms with Crippen LogP contribution in [0, 0.1) is 0 Å². The van der Waals surface area contributed by atoms with E-state index in [1.807, 2.05) is 6.92 Å². The second-order valence-electron chi connectivity index (χ2n) is 3.71. The van der Waals surface area contributed by atoms with Gasteiger partial charge in [0.2, 0.25) is 0 Å². The smallest absolute Gasteiger partial charge is 0.179 e. The fourth-order valence-corrected chi connectivity index (χ4v) is 1.98. The lowest BCUT2D eigenvalue weighted by molar-refractivity contribution is 0.140. The van der Waals surface area contributed by atoms with Gasteiger partial charge >= 0.3 is 0 Å². The summed E-state index contributed by atoms with van der Waals surface area (Å²) >= 11 is 6.19. The zero-order chi connectivity index (χ0) is 13.0. The first kappa shape index (κ1) is 17.3. The van der Waals surface area contributed by atoms with Gasteiger partial charge in [-0.05, 0) is 18.1 Å². The Morgan fingerprint density at radius 1 is 1.33 bits per heavy atom. The summed E-state index contributed by atoms with van der Waals surface area (Å²) in [5.74, 6) is 0.977. The maximum absolute atomic E-state index is 9.74. The number of methoxy groups -OCH3 is 2. The molecule has 1 aromatic carbocycles. The molecule has 1 rings (SSSR count). The number of rotatable bonds is 5. The maximum Gasteiger partial charge on any atom is 0.179 e. The van der Waals surface area contributed by atoms with Crippen molar-refractivity contribution in [3.8, 4) is 11.5 Å². The standard InChI is InChI=1S/C12H18ClNO3.ClH/c1-4-8(15)11(14)7-5-6-9(16-2)12(17-3)10(7)13;/h5-6,8,11,15H,4,14H2,1-3H3;1H/t8-,11+;/m1./s1. The topological polar surface area (TPSA) is 64.7 Å². The van der Waals surface area contributed by atoms with Gasteiger partial charge in [0, 0.05) is 0 Å². The largest absolute Gasteiger partial charge is 0.493 e. The van der Waals surface area contributed by atoms with Crippen LogP contribution in [0.4, 0.5) is 0 Å². The number of aliphatic hydroxyl groups excluding tert-OH is 1. The first-order chi connectivity index (χ1) is 8.06. The molecule has 0 fully saturated rings. The molecule has 0 aliphatic rings. The number of nitrogens with two attached hydrogens (primary N) is 1. The van der Waals surface area contributed by atoms with E-state index in [0.717, 1.165) is 0 Å². The Bertz CT molecular complexity index is 388. The molecular formula is C12H19Cl2NO3. The van der Waals surface area contributed by atoms with Crippen LogP contribution in [0.2, 0.25) is 5.02 Å². The molecule has 3 N–H and O–H groups in total. The summed E-state index contributed by atoms with van der Waals surface area (Å²) < 4.78 is 10.3. The molecule has 0 spiro atoms. The average molecular weight is 296 g/mol. The first-order valence-corrected chi connectivity index (χ1v) is 5.78. The van der Waals surface area contributed by atoms with Crippen LogP contribution in [-0.4, -0.2) is 25.4 Å². The fraction of sp³-hybridized carbons (Fsp3) is 0.500. The van der Waals surface area contributed by atoms with E-state index in [2.05, 4.69) is 0 Å². The highest BCUT2D eigenvalue weighted by molar-refractivity contribution is 6.33. The zero-order valence-electron chi connectivity index (χ0n) is 10.6. The van der Waals surface area contributed by atoms with E-state index in [4.69, 9.17) is 26.8 Å². The van der Waals surface area contributed by atoms with Crippen LogP contribution < -0.4 is 15.2 Å². The number of benzene rings is 1. The van der Waals surface area contributed by atoms with Crippen molar-refractivity contribution in [2.24, 2.45) is 5.73 Å². The fourth-order valence-electron chi connectivity index (χ4n) is 1.62. The lowest BCUT2D eigenvalue weighted by Gasteiger charge is -2.20. The summed E-state index contributed by atoms with van der Waals surface area (Å²) in [6, 6.07) is 2.93. The Kier molecular flexibility index (Phi) is 7.40. The van der Waals surface area contributed by atoms with E-state index < -0.39 is 12.1 Å². The van der Waals surface area contributed by atoms with Crippen molar-refractivity contribution in [2.45, 2.75) is 25.5 Å². The zero-order valence-corrected chi connectivity index (χ0v) is 12.2. The van der Waals surface area contributed by atoms with Gasteiger partial charge in [0.25, 0.3) is 0 Å². The third-order valence-electron chi connectivity index (χ3n) is 2.71. The van der Waals surface area contributed by atoms with Crippen LogP contribution in [0.5, 0.6) is 11.5 Å². The van der Waals surface area contributed by atoms with Gasteiger partial charge in [0.1, 0.15) is 0 Å². The molecule has 6 heteroatoms. The highest BCUT2D eigenvalue weighted by atomic mass is 35.5. The second-order valence-corrected chi connectivity index (χ2v) is 4.08. The van der Waals surface area contributed by atoms with Crippen LogP contribution >= 0.6 is 24.0 Å². The molecule has 0 aromatic heterocycles. The van der Waals surface area contributed by atoms with Crippen molar-refractivity contribution in [3.63, 3.8) is 0 Å². The molecule has 0 amide bonds. The minimum atomic E-state index is -0.634. The molecule has 104 valence electrons. The summed E-state index contributed by atoms with van der Waals surface area (Å²) in [6.45, 7) is 1.86. The van der Waals surface area contributed by atoms with E-state index in [9.17, 15) is 5.11 Å². The van der Waals surface area contributed by atoms with Crippen molar-refractivity contribution < 1.29 is 14.6 Å². The molecule has 0 unspecified atom stereocenters. The van der Waals surface area contributed by atoms with Gasteiger partial charge in [-0.25, -0.2) is 0 Å². The highest BCUT2D eigenvalue weighted by Gasteiger charge is 2.21. The average Bonchev–Trinajstić information content (AvgIpc) is 2.36. The maximum atomic E-state index is 9.74. The normalized spacial score (nSPS) is 13.4. The summed E-state index contributed by atoms with van der Waals surface area (Å²) in [5.41, 5.74) is 6.59. The molecule has 2 atom stereocenters. The third-order valence-corrected chi connectivity index (χ3v) is 3.10. The van der Waals surface area contributed by atoms with Gasteiger partial charge < -0.3 is 20.3 Å². The predicted octanol–water partition coefficient (Wildman–Crippen LogP) is 2.55. The Hall–Kier alpha value is -0.680. The van der Waals surface area contributed by atoms with Crippen LogP contribution in [0.25, 0.3) is 0 Å². The molecule has 0 aliphatic carbocycles. The number of halogens is 2. The van der Waals surface area contributed by atoms with E-state index in [1.54, 1.807) is 12.1 Å². The molecule has 0 aliphatic heterocycles. The third kappa shape index (κ3) is 3.42. The predicted molar refractivity (Wildman–Crippen MR) is 75.0 cm³/mol. The molecule has 0 saturated heterocycles. The number of aliphatic hydroxyl groups is 1. The summed E-state index contributed by atoms with van der Waals surface area (Å²) in [4.78, 5) is 0. The summed E-state index contributed by atoms with van der Waals surface area (Å²) in [6.07, 6.45) is -0.0724. The van der Waals surface area contributed by atoms with Gasteiger partial charge in [-0.1, -0.05) is 24.6 Å². The Morgan fingerprint density at radius 3 is 2.39 bits per heavy atom. The van der Waals surface area contributed by atoms with Crippen molar-refractivity contribution >= 4 is 24.0 Å². The quantitative estimate of drug-likeness (QED) is 0.876. The lowest BCUT2D eigenvalue weighted by Crippen LogP contribution is -2.25. The van der Waals surface area contributed by atoms with E-state index in [-0.39, 0.29) is 12.4 Å². The van der Waals surface area contributed by atoms with Gasteiger partial charge in [0.15, 0.2) is 11.5 Å². The molecule has 0 radical (unpaired) electrons. The van der Waals surface area contributed by atoms with Gasteiger partial charge in [0.05, 0.1) is 31.4 Å². The molecule has 0 heterocycles. The van der Waals surface area contributed by atoms with E-state index >= 15 is 0 Å². The van der Waals surface area contributed by atoms with E-state index in [1.165, 1.54) is 14.2 Å². The van der Waals surface area contributed by atoms with Crippen LogP contribution in [0.3, 0.4) is 0 Å². The van der Waals surface area contributed by atoms with Crippen molar-refractivity contribution in [1.82, 2.24) is 0 Å². The minimum Gasteiger partial charge on any atom is -0.493 e. The van der Waals surface area contributed by atoms with Gasteiger partial charge in [-0.15, -0.1) is 12.4 Å². The molecule has 18 heavy (non-hydrogen) atoms. The molecule has 4 nitrogen and oxygen atoms in total. The summed E-state index contributed by atoms with van der Waals surface area (Å²) in [7, 11) is 3.05. The molecule has 0 bridgehead atoms. The first-order valence-electron chi connectivity index (χ1n) is 5.40. The van der Waals surface area contributed by atoms with Crippen LogP contribution in [-0.2, 0) is 0 Å². The molecule has 0 saturated carbocycles. The lowest BCUT2D eigenvalue weighted by atomic mass is 10.00. The number of hydrogen-bond acceptors (Lipinski definition) is 4. The Labute approximate surface area is 118 Å². The van der Waals surface area contributed by atoms with Gasteiger partial charge in [-0.2, -0.15) is 0 Å². The number of ether oxygens (including phenoxy) is 2. The van der Waals surface area contributed by atoms with Crippen molar-refractivity contribution in [2.75, 3.05) is 14.2 Å². The second kappa shape index (κ2) is 7.69. The minimum absolute atomic E-state index is 0. The highest BCUT2D eigenvalue weighted by Crippen LogP contribution is 2.39. The van der Waals surface area contributed by atoms with Crippen LogP contribution in [0.1, 0.15) is 24.9 Å². The SMILES string of the molecule is CC[C@@H](O)[C@@H](N)c1ccc(OC)c(OC)c1Cl.Cl. The van der Waals surface area contributed by atoms with Crippen molar-refractivity contribution in [3.05, 3.63) is 22.7 Å². The number of hydrogen-bond donors (Lipinski definition) is 2. The van der Waals surface area contributed by atoms with Crippen molar-refractivity contribution in [1.29, 1.82) is 0 Å². The molecule has 1 aromatic rings. The van der Waals surface area contributed by atoms with Gasteiger partial charge in [-0.3, -0.25) is 0 Å². The monoisotopic (exact) mass is 295 g/mol. The molecular weight excluding hydrogens is 277 g/mol.